The number of aryl methyl sites for hydroxylation is 2. The van der Waals surface area contributed by atoms with E-state index in [4.69, 9.17) is 18.6 Å². The van der Waals surface area contributed by atoms with E-state index in [0.717, 1.165) is 23.1 Å². The lowest BCUT2D eigenvalue weighted by atomic mass is 10.1. The molecular weight excluding hydrogens is 384 g/mol. The molecule has 3 rings (SSSR count). The molecular formula is C24H26O6. The van der Waals surface area contributed by atoms with Gasteiger partial charge in [0.05, 0.1) is 12.0 Å². The lowest BCUT2D eigenvalue weighted by Gasteiger charge is -2.14. The summed E-state index contributed by atoms with van der Waals surface area (Å²) in [5.41, 5.74) is 3.16. The van der Waals surface area contributed by atoms with Gasteiger partial charge in [-0.1, -0.05) is 13.0 Å². The molecule has 0 bridgehead atoms. The Morgan fingerprint density at radius 3 is 2.60 bits per heavy atom. The van der Waals surface area contributed by atoms with Gasteiger partial charge in [-0.3, -0.25) is 4.79 Å². The smallest absolute Gasteiger partial charge is 0.347 e. The van der Waals surface area contributed by atoms with Crippen LogP contribution >= 0.6 is 0 Å². The number of benzene rings is 2. The van der Waals surface area contributed by atoms with Gasteiger partial charge < -0.3 is 18.6 Å². The second kappa shape index (κ2) is 9.03. The highest BCUT2D eigenvalue weighted by Gasteiger charge is 2.17. The van der Waals surface area contributed by atoms with Crippen LogP contribution in [0, 0.1) is 20.8 Å². The standard InChI is InChI=1S/C24H26O6/c1-6-9-27-24(26)17(5)29-18-7-8-19-21(12-18)28-13-22(23(19)25)30-20-11-14(2)10-15(3)16(20)4/h7-8,10-13,17H,6,9H2,1-5H3/t17-/m0/s1. The molecule has 0 N–H and O–H groups in total. The fraction of sp³-hybridized carbons (Fsp3) is 0.333. The molecule has 0 aliphatic carbocycles. The zero-order chi connectivity index (χ0) is 21.8. The van der Waals surface area contributed by atoms with E-state index in [0.29, 0.717) is 29.1 Å². The second-order valence-electron chi connectivity index (χ2n) is 7.32. The van der Waals surface area contributed by atoms with E-state index in [9.17, 15) is 9.59 Å². The van der Waals surface area contributed by atoms with Gasteiger partial charge in [-0.25, -0.2) is 4.79 Å². The molecule has 0 saturated heterocycles. The first-order chi connectivity index (χ1) is 14.3. The van der Waals surface area contributed by atoms with Crippen LogP contribution < -0.4 is 14.9 Å². The third kappa shape index (κ3) is 4.64. The number of carbonyl (C=O) groups is 1. The maximum absolute atomic E-state index is 12.9. The van der Waals surface area contributed by atoms with Gasteiger partial charge in [0.25, 0.3) is 0 Å². The first-order valence-corrected chi connectivity index (χ1v) is 9.94. The van der Waals surface area contributed by atoms with Crippen LogP contribution in [0.4, 0.5) is 0 Å². The van der Waals surface area contributed by atoms with Gasteiger partial charge in [-0.2, -0.15) is 0 Å². The van der Waals surface area contributed by atoms with E-state index in [1.807, 2.05) is 33.8 Å². The molecule has 0 aliphatic heterocycles. The molecule has 0 unspecified atom stereocenters. The quantitative estimate of drug-likeness (QED) is 0.497. The monoisotopic (exact) mass is 410 g/mol. The average Bonchev–Trinajstić information content (AvgIpc) is 2.71. The third-order valence-electron chi connectivity index (χ3n) is 4.79. The fourth-order valence-electron chi connectivity index (χ4n) is 3.03. The van der Waals surface area contributed by atoms with Crippen LogP contribution in [0.25, 0.3) is 11.0 Å². The number of hydrogen-bond acceptors (Lipinski definition) is 6. The van der Waals surface area contributed by atoms with Crippen molar-refractivity contribution in [3.63, 3.8) is 0 Å². The first kappa shape index (κ1) is 21.4. The maximum atomic E-state index is 12.9. The summed E-state index contributed by atoms with van der Waals surface area (Å²) in [6, 6.07) is 8.75. The molecule has 1 aromatic heterocycles. The number of hydrogen-bond donors (Lipinski definition) is 0. The van der Waals surface area contributed by atoms with Crippen molar-refractivity contribution in [3.05, 3.63) is 63.5 Å². The number of rotatable bonds is 7. The largest absolute Gasteiger partial charge is 0.479 e. The van der Waals surface area contributed by atoms with E-state index >= 15 is 0 Å². The summed E-state index contributed by atoms with van der Waals surface area (Å²) >= 11 is 0. The SMILES string of the molecule is CCCOC(=O)[C@H](C)Oc1ccc2c(=O)c(Oc3cc(C)cc(C)c3C)coc2c1. The zero-order valence-corrected chi connectivity index (χ0v) is 17.9. The van der Waals surface area contributed by atoms with Crippen molar-refractivity contribution in [3.8, 4) is 17.2 Å². The highest BCUT2D eigenvalue weighted by molar-refractivity contribution is 5.79. The van der Waals surface area contributed by atoms with Crippen molar-refractivity contribution < 1.29 is 23.4 Å². The van der Waals surface area contributed by atoms with Crippen molar-refractivity contribution in [2.24, 2.45) is 0 Å². The number of esters is 1. The number of fused-ring (bicyclic) bond motifs is 1. The van der Waals surface area contributed by atoms with Crippen molar-refractivity contribution in [1.29, 1.82) is 0 Å². The van der Waals surface area contributed by atoms with Gasteiger partial charge in [0, 0.05) is 6.07 Å². The lowest BCUT2D eigenvalue weighted by molar-refractivity contribution is -0.151. The van der Waals surface area contributed by atoms with Crippen LogP contribution in [0.1, 0.15) is 37.0 Å². The summed E-state index contributed by atoms with van der Waals surface area (Å²) in [4.78, 5) is 24.8. The van der Waals surface area contributed by atoms with Crippen molar-refractivity contribution in [2.45, 2.75) is 47.1 Å². The zero-order valence-electron chi connectivity index (χ0n) is 17.9. The number of carbonyl (C=O) groups excluding carboxylic acids is 1. The molecule has 0 aliphatic rings. The minimum Gasteiger partial charge on any atom is -0.479 e. The van der Waals surface area contributed by atoms with Crippen LogP contribution in [0.2, 0.25) is 0 Å². The molecule has 0 amide bonds. The molecule has 6 heteroatoms. The van der Waals surface area contributed by atoms with Crippen LogP contribution in [0.15, 0.2) is 45.8 Å². The molecule has 3 aromatic rings. The Balaban J connectivity index is 1.85. The normalized spacial score (nSPS) is 11.9. The minimum atomic E-state index is -0.768. The highest BCUT2D eigenvalue weighted by atomic mass is 16.6. The molecule has 1 heterocycles. The van der Waals surface area contributed by atoms with E-state index in [2.05, 4.69) is 6.07 Å². The molecule has 0 fully saturated rings. The van der Waals surface area contributed by atoms with Crippen molar-refractivity contribution >= 4 is 16.9 Å². The second-order valence-corrected chi connectivity index (χ2v) is 7.32. The van der Waals surface area contributed by atoms with Gasteiger partial charge in [-0.15, -0.1) is 0 Å². The Labute approximate surface area is 175 Å². The predicted octanol–water partition coefficient (Wildman–Crippen LogP) is 5.23. The lowest BCUT2D eigenvalue weighted by Crippen LogP contribution is -2.26. The van der Waals surface area contributed by atoms with Crippen LogP contribution in [0.5, 0.6) is 17.2 Å². The van der Waals surface area contributed by atoms with E-state index in [1.165, 1.54) is 6.26 Å². The van der Waals surface area contributed by atoms with Crippen LogP contribution in [-0.4, -0.2) is 18.7 Å². The summed E-state index contributed by atoms with van der Waals surface area (Å²) in [5, 5.41) is 0.364. The number of ether oxygens (including phenoxy) is 3. The summed E-state index contributed by atoms with van der Waals surface area (Å²) in [5.74, 6) is 0.704. The summed E-state index contributed by atoms with van der Waals surface area (Å²) < 4.78 is 22.2. The van der Waals surface area contributed by atoms with Gasteiger partial charge in [-0.05, 0) is 69.0 Å². The molecule has 0 radical (unpaired) electrons. The average molecular weight is 410 g/mol. The van der Waals surface area contributed by atoms with E-state index in [1.54, 1.807) is 25.1 Å². The van der Waals surface area contributed by atoms with E-state index < -0.39 is 12.1 Å². The maximum Gasteiger partial charge on any atom is 0.347 e. The van der Waals surface area contributed by atoms with Gasteiger partial charge in [0.15, 0.2) is 6.10 Å². The fourth-order valence-corrected chi connectivity index (χ4v) is 3.03. The minimum absolute atomic E-state index is 0.112. The third-order valence-corrected chi connectivity index (χ3v) is 4.79. The Morgan fingerprint density at radius 1 is 1.10 bits per heavy atom. The molecule has 158 valence electrons. The molecule has 0 saturated carbocycles. The van der Waals surface area contributed by atoms with Crippen LogP contribution in [0.3, 0.4) is 0 Å². The van der Waals surface area contributed by atoms with Crippen molar-refractivity contribution in [1.82, 2.24) is 0 Å². The molecule has 30 heavy (non-hydrogen) atoms. The molecule has 2 aromatic carbocycles. The first-order valence-electron chi connectivity index (χ1n) is 9.94. The Morgan fingerprint density at radius 2 is 1.87 bits per heavy atom. The van der Waals surface area contributed by atoms with Crippen LogP contribution in [-0.2, 0) is 9.53 Å². The molecule has 1 atom stereocenters. The molecule has 0 spiro atoms. The van der Waals surface area contributed by atoms with Crippen molar-refractivity contribution in [2.75, 3.05) is 6.61 Å². The predicted molar refractivity (Wildman–Crippen MR) is 115 cm³/mol. The summed E-state index contributed by atoms with van der Waals surface area (Å²) in [6.45, 7) is 9.80. The topological polar surface area (TPSA) is 75.0 Å². The van der Waals surface area contributed by atoms with Gasteiger partial charge >= 0.3 is 5.97 Å². The van der Waals surface area contributed by atoms with Gasteiger partial charge in [0.1, 0.15) is 23.3 Å². The summed E-state index contributed by atoms with van der Waals surface area (Å²) in [7, 11) is 0. The Bertz CT molecular complexity index is 1130. The Hall–Kier alpha value is -3.28. The highest BCUT2D eigenvalue weighted by Crippen LogP contribution is 2.29. The summed E-state index contributed by atoms with van der Waals surface area (Å²) in [6.07, 6.45) is 1.27. The van der Waals surface area contributed by atoms with Gasteiger partial charge in [0.2, 0.25) is 11.2 Å². The van der Waals surface area contributed by atoms with E-state index in [-0.39, 0.29) is 11.2 Å². The molecule has 6 nitrogen and oxygen atoms in total. The Kier molecular flexibility index (Phi) is 6.45.